The Labute approximate surface area is 230 Å². The van der Waals surface area contributed by atoms with E-state index >= 15 is 0 Å². The van der Waals surface area contributed by atoms with Crippen LogP contribution in [0.15, 0.2) is 64.2 Å². The Morgan fingerprint density at radius 1 is 1.05 bits per heavy atom. The van der Waals surface area contributed by atoms with Crippen LogP contribution < -0.4 is 31.9 Å². The Morgan fingerprint density at radius 3 is 2.40 bits per heavy atom. The third kappa shape index (κ3) is 5.20. The molecule has 1 aliphatic rings. The summed E-state index contributed by atoms with van der Waals surface area (Å²) >= 11 is 0. The number of nitrogens with two attached hydrogens (primary N) is 1. The SMILES string of the molecule is CCCCn1c(N)c(N(Cc2ccccc2OC)C(=O)CN2C(=O)N[C@@](C)(c3ccccc3)C2=O)c(=O)[nH]c1=O. The van der Waals surface area contributed by atoms with Gasteiger partial charge in [-0.1, -0.05) is 61.9 Å². The number of carbonyl (C=O) groups excluding carboxylic acids is 3. The van der Waals surface area contributed by atoms with Gasteiger partial charge in [-0.05, 0) is 25.0 Å². The van der Waals surface area contributed by atoms with E-state index in [1.54, 1.807) is 61.5 Å². The van der Waals surface area contributed by atoms with Crippen LogP contribution in [0.5, 0.6) is 5.75 Å². The van der Waals surface area contributed by atoms with E-state index in [0.29, 0.717) is 23.3 Å². The van der Waals surface area contributed by atoms with E-state index < -0.39 is 41.2 Å². The Balaban J connectivity index is 1.76. The fourth-order valence-electron chi connectivity index (χ4n) is 4.70. The number of benzene rings is 2. The summed E-state index contributed by atoms with van der Waals surface area (Å²) in [5.41, 5.74) is 4.21. The van der Waals surface area contributed by atoms with Crippen molar-refractivity contribution in [2.75, 3.05) is 24.3 Å². The van der Waals surface area contributed by atoms with Gasteiger partial charge in [-0.2, -0.15) is 0 Å². The molecule has 4 N–H and O–H groups in total. The summed E-state index contributed by atoms with van der Waals surface area (Å²) < 4.78 is 6.62. The number of unbranched alkanes of at least 4 members (excludes halogenated alkanes) is 1. The van der Waals surface area contributed by atoms with Gasteiger partial charge >= 0.3 is 11.7 Å². The Hall–Kier alpha value is -4.87. The average molecular weight is 549 g/mol. The highest BCUT2D eigenvalue weighted by atomic mass is 16.5. The van der Waals surface area contributed by atoms with Crippen LogP contribution in [0.2, 0.25) is 0 Å². The zero-order chi connectivity index (χ0) is 29.0. The van der Waals surface area contributed by atoms with Gasteiger partial charge < -0.3 is 15.8 Å². The number of hydrogen-bond donors (Lipinski definition) is 3. The predicted octanol–water partition coefficient (Wildman–Crippen LogP) is 1.93. The number of para-hydroxylation sites is 1. The van der Waals surface area contributed by atoms with Gasteiger partial charge in [0.05, 0.1) is 13.7 Å². The third-order valence-electron chi connectivity index (χ3n) is 6.96. The molecule has 40 heavy (non-hydrogen) atoms. The fourth-order valence-corrected chi connectivity index (χ4v) is 4.70. The molecule has 1 saturated heterocycles. The van der Waals surface area contributed by atoms with Gasteiger partial charge in [0.2, 0.25) is 5.91 Å². The minimum absolute atomic E-state index is 0.179. The highest BCUT2D eigenvalue weighted by Gasteiger charge is 2.49. The van der Waals surface area contributed by atoms with Gasteiger partial charge in [-0.3, -0.25) is 33.7 Å². The minimum Gasteiger partial charge on any atom is -0.496 e. The Kier molecular flexibility index (Phi) is 8.08. The molecule has 1 fully saturated rings. The number of urea groups is 1. The molecule has 0 aliphatic carbocycles. The second-order valence-corrected chi connectivity index (χ2v) is 9.60. The van der Waals surface area contributed by atoms with Crippen molar-refractivity contribution in [1.82, 2.24) is 19.8 Å². The number of nitrogen functional groups attached to an aromatic ring is 1. The van der Waals surface area contributed by atoms with E-state index in [9.17, 15) is 24.0 Å². The molecule has 0 bridgehead atoms. The molecule has 2 aromatic carbocycles. The summed E-state index contributed by atoms with van der Waals surface area (Å²) in [6.07, 6.45) is 1.37. The van der Waals surface area contributed by atoms with E-state index in [2.05, 4.69) is 10.3 Å². The quantitative estimate of drug-likeness (QED) is 0.326. The number of rotatable bonds is 10. The Morgan fingerprint density at radius 2 is 1.73 bits per heavy atom. The number of imide groups is 1. The summed E-state index contributed by atoms with van der Waals surface area (Å²) in [6, 6.07) is 14.8. The number of H-pyrrole nitrogens is 1. The number of nitrogens with one attached hydrogen (secondary N) is 2. The lowest BCUT2D eigenvalue weighted by molar-refractivity contribution is -0.134. The topological polar surface area (TPSA) is 160 Å². The van der Waals surface area contributed by atoms with Crippen LogP contribution in [0, 0.1) is 0 Å². The fraction of sp³-hybridized carbons (Fsp3) is 0.321. The zero-order valence-electron chi connectivity index (χ0n) is 22.6. The molecule has 12 heteroatoms. The number of carbonyl (C=O) groups is 3. The average Bonchev–Trinajstić information content (AvgIpc) is 3.16. The molecule has 0 radical (unpaired) electrons. The standard InChI is InChI=1S/C28H32N6O6/c1-4-5-15-32-23(29)22(24(36)30-26(32)38)33(16-18-11-9-10-14-20(18)40-3)21(35)17-34-25(37)28(2,31-27(34)39)19-12-7-6-8-13-19/h6-14H,4-5,15-17,29H2,1-3H3,(H,31,39)(H,30,36,38)/t28-/m0/s1. The molecule has 3 aromatic rings. The van der Waals surface area contributed by atoms with E-state index in [1.165, 1.54) is 11.7 Å². The number of aromatic amines is 1. The van der Waals surface area contributed by atoms with Crippen molar-refractivity contribution in [2.45, 2.75) is 45.3 Å². The zero-order valence-corrected chi connectivity index (χ0v) is 22.6. The molecule has 0 saturated carbocycles. The van der Waals surface area contributed by atoms with Crippen molar-refractivity contribution in [3.63, 3.8) is 0 Å². The van der Waals surface area contributed by atoms with Crippen molar-refractivity contribution in [3.8, 4) is 5.75 Å². The number of hydrogen-bond acceptors (Lipinski definition) is 7. The van der Waals surface area contributed by atoms with Crippen molar-refractivity contribution >= 4 is 29.4 Å². The van der Waals surface area contributed by atoms with Gasteiger partial charge in [0.1, 0.15) is 23.7 Å². The monoisotopic (exact) mass is 548 g/mol. The summed E-state index contributed by atoms with van der Waals surface area (Å²) in [5.74, 6) is -1.13. The van der Waals surface area contributed by atoms with Crippen LogP contribution in [-0.2, 0) is 28.2 Å². The van der Waals surface area contributed by atoms with Crippen LogP contribution in [0.1, 0.15) is 37.8 Å². The molecule has 4 rings (SSSR count). The van der Waals surface area contributed by atoms with Crippen molar-refractivity contribution in [1.29, 1.82) is 0 Å². The van der Waals surface area contributed by atoms with Crippen molar-refractivity contribution in [2.24, 2.45) is 0 Å². The smallest absolute Gasteiger partial charge is 0.330 e. The number of ether oxygens (including phenoxy) is 1. The lowest BCUT2D eigenvalue weighted by Gasteiger charge is -2.27. The van der Waals surface area contributed by atoms with E-state index in [0.717, 1.165) is 16.2 Å². The van der Waals surface area contributed by atoms with E-state index in [-0.39, 0.29) is 24.6 Å². The predicted molar refractivity (Wildman–Crippen MR) is 149 cm³/mol. The first-order valence-corrected chi connectivity index (χ1v) is 12.9. The largest absolute Gasteiger partial charge is 0.496 e. The Bertz CT molecular complexity index is 1550. The van der Waals surface area contributed by atoms with Gasteiger partial charge in [0.25, 0.3) is 11.5 Å². The van der Waals surface area contributed by atoms with Crippen LogP contribution in [-0.4, -0.2) is 46.0 Å². The molecule has 210 valence electrons. The van der Waals surface area contributed by atoms with Crippen LogP contribution >= 0.6 is 0 Å². The van der Waals surface area contributed by atoms with Crippen molar-refractivity contribution < 1.29 is 19.1 Å². The summed E-state index contributed by atoms with van der Waals surface area (Å²) in [4.78, 5) is 70.0. The molecule has 1 aliphatic heterocycles. The van der Waals surface area contributed by atoms with Gasteiger partial charge in [0, 0.05) is 12.1 Å². The summed E-state index contributed by atoms with van der Waals surface area (Å²) in [7, 11) is 1.47. The van der Waals surface area contributed by atoms with Crippen molar-refractivity contribution in [3.05, 3.63) is 86.6 Å². The first-order chi connectivity index (χ1) is 19.1. The number of amides is 4. The van der Waals surface area contributed by atoms with Crippen LogP contribution in [0.3, 0.4) is 0 Å². The third-order valence-corrected chi connectivity index (χ3v) is 6.96. The number of anilines is 2. The lowest BCUT2D eigenvalue weighted by atomic mass is 9.92. The molecule has 0 spiro atoms. The maximum Gasteiger partial charge on any atom is 0.330 e. The summed E-state index contributed by atoms with van der Waals surface area (Å²) in [5, 5.41) is 2.67. The normalized spacial score (nSPS) is 16.6. The van der Waals surface area contributed by atoms with Crippen LogP contribution in [0.4, 0.5) is 16.3 Å². The number of methoxy groups -OCH3 is 1. The summed E-state index contributed by atoms with van der Waals surface area (Å²) in [6.45, 7) is 2.87. The molecule has 2 heterocycles. The molecule has 12 nitrogen and oxygen atoms in total. The number of aromatic nitrogens is 2. The first kappa shape index (κ1) is 28.1. The highest BCUT2D eigenvalue weighted by Crippen LogP contribution is 2.30. The van der Waals surface area contributed by atoms with E-state index in [4.69, 9.17) is 10.5 Å². The maximum absolute atomic E-state index is 13.9. The molecule has 0 unspecified atom stereocenters. The molecule has 4 amide bonds. The van der Waals surface area contributed by atoms with Crippen LogP contribution in [0.25, 0.3) is 0 Å². The second-order valence-electron chi connectivity index (χ2n) is 9.60. The van der Waals surface area contributed by atoms with Gasteiger partial charge in [-0.25, -0.2) is 9.59 Å². The molecule has 1 aromatic heterocycles. The second kappa shape index (κ2) is 11.5. The molecular weight excluding hydrogens is 516 g/mol. The molecular formula is C28H32N6O6. The minimum atomic E-state index is -1.38. The number of nitrogens with zero attached hydrogens (tertiary/aromatic N) is 3. The lowest BCUT2D eigenvalue weighted by Crippen LogP contribution is -2.47. The molecule has 1 atom stereocenters. The first-order valence-electron chi connectivity index (χ1n) is 12.9. The highest BCUT2D eigenvalue weighted by molar-refractivity contribution is 6.10. The maximum atomic E-state index is 13.9. The van der Waals surface area contributed by atoms with Gasteiger partial charge in [-0.15, -0.1) is 0 Å². The van der Waals surface area contributed by atoms with E-state index in [1.807, 2.05) is 6.92 Å². The van der Waals surface area contributed by atoms with Gasteiger partial charge in [0.15, 0.2) is 5.69 Å².